The Morgan fingerprint density at radius 1 is 0.833 bits per heavy atom. The van der Waals surface area contributed by atoms with Crippen LogP contribution < -0.4 is 11.1 Å². The summed E-state index contributed by atoms with van der Waals surface area (Å²) in [7, 11) is 1.37. The molecule has 0 aliphatic heterocycles. The Bertz CT molecular complexity index is 438. The molecule has 5 heteroatoms. The van der Waals surface area contributed by atoms with E-state index in [9.17, 15) is 9.59 Å². The predicted molar refractivity (Wildman–Crippen MR) is 125 cm³/mol. The number of carbonyl (C=O) groups excluding carboxylic acids is 2. The number of nitrogens with one attached hydrogen (secondary N) is 1. The Morgan fingerprint density at radius 3 is 1.97 bits per heavy atom. The third kappa shape index (κ3) is 18.7. The van der Waals surface area contributed by atoms with Gasteiger partial charge in [-0.1, -0.05) is 70.4 Å². The fourth-order valence-corrected chi connectivity index (χ4v) is 3.54. The van der Waals surface area contributed by atoms with E-state index >= 15 is 0 Å². The number of unbranched alkanes of at least 4 members (excludes halogenated alkanes) is 12. The fraction of sp³-hybridized carbons (Fsp3) is 0.840. The average Bonchev–Trinajstić information content (AvgIpc) is 2.75. The molecule has 0 fully saturated rings. The molecule has 0 spiro atoms. The van der Waals surface area contributed by atoms with Gasteiger partial charge in [0.25, 0.3) is 0 Å². The Morgan fingerprint density at radius 2 is 1.40 bits per heavy atom. The van der Waals surface area contributed by atoms with Crippen molar-refractivity contribution in [3.63, 3.8) is 0 Å². The highest BCUT2D eigenvalue weighted by atomic mass is 16.5. The lowest BCUT2D eigenvalue weighted by atomic mass is 10.1. The molecule has 0 aliphatic carbocycles. The van der Waals surface area contributed by atoms with Gasteiger partial charge in [-0.05, 0) is 51.4 Å². The molecule has 30 heavy (non-hydrogen) atoms. The number of ether oxygens (including phenoxy) is 1. The Labute approximate surface area is 185 Å². The molecule has 1 atom stereocenters. The summed E-state index contributed by atoms with van der Waals surface area (Å²) in [5.41, 5.74) is 3.81. The monoisotopic (exact) mass is 425 g/mol. The lowest BCUT2D eigenvalue weighted by Gasteiger charge is -2.16. The van der Waals surface area contributed by atoms with Crippen molar-refractivity contribution in [3.05, 3.63) is 12.2 Å². The Hall–Kier alpha value is -1.36. The van der Waals surface area contributed by atoms with Gasteiger partial charge in [0.15, 0.2) is 0 Å². The Balaban J connectivity index is 3.60. The summed E-state index contributed by atoms with van der Waals surface area (Å²) < 4.78 is 4.80. The van der Waals surface area contributed by atoms with Crippen molar-refractivity contribution in [1.82, 2.24) is 5.32 Å². The number of methoxy groups -OCH3 is 1. The smallest absolute Gasteiger partial charge is 0.328 e. The van der Waals surface area contributed by atoms with Crippen LogP contribution in [0.15, 0.2) is 12.2 Å². The van der Waals surface area contributed by atoms with Gasteiger partial charge in [0, 0.05) is 6.42 Å². The molecule has 0 aromatic rings. The lowest BCUT2D eigenvalue weighted by Crippen LogP contribution is -2.50. The van der Waals surface area contributed by atoms with Crippen LogP contribution in [0.3, 0.4) is 0 Å². The van der Waals surface area contributed by atoms with Gasteiger partial charge >= 0.3 is 5.97 Å². The van der Waals surface area contributed by atoms with Crippen LogP contribution in [0.5, 0.6) is 0 Å². The third-order valence-corrected chi connectivity index (χ3v) is 5.48. The lowest BCUT2D eigenvalue weighted by molar-refractivity contribution is -0.368. The molecule has 0 bridgehead atoms. The zero-order valence-electron chi connectivity index (χ0n) is 19.9. The molecule has 176 valence electrons. The molecule has 5 nitrogen and oxygen atoms in total. The van der Waals surface area contributed by atoms with E-state index < -0.39 is 6.04 Å². The number of hydrogen-bond acceptors (Lipinski definition) is 3. The molecule has 0 saturated heterocycles. The van der Waals surface area contributed by atoms with Crippen molar-refractivity contribution in [2.75, 3.05) is 13.7 Å². The summed E-state index contributed by atoms with van der Waals surface area (Å²) in [5.74, 6) is -0.394. The van der Waals surface area contributed by atoms with Crippen LogP contribution in [0.25, 0.3) is 0 Å². The number of esters is 1. The first-order valence-corrected chi connectivity index (χ1v) is 12.5. The van der Waals surface area contributed by atoms with Crippen molar-refractivity contribution in [1.29, 1.82) is 0 Å². The van der Waals surface area contributed by atoms with Gasteiger partial charge in [-0.15, -0.1) is 0 Å². The molecule has 0 unspecified atom stereocenters. The van der Waals surface area contributed by atoms with E-state index in [4.69, 9.17) is 4.74 Å². The van der Waals surface area contributed by atoms with Crippen LogP contribution in [-0.4, -0.2) is 31.6 Å². The second-order valence-electron chi connectivity index (χ2n) is 8.33. The molecule has 0 radical (unpaired) electrons. The minimum absolute atomic E-state index is 0.0438. The fourth-order valence-electron chi connectivity index (χ4n) is 3.54. The van der Waals surface area contributed by atoms with Gasteiger partial charge in [0.2, 0.25) is 5.91 Å². The average molecular weight is 426 g/mol. The third-order valence-electron chi connectivity index (χ3n) is 5.48. The van der Waals surface area contributed by atoms with Gasteiger partial charge in [-0.3, -0.25) is 4.79 Å². The van der Waals surface area contributed by atoms with E-state index in [1.165, 1.54) is 77.7 Å². The number of rotatable bonds is 21. The highest BCUT2D eigenvalue weighted by Gasteiger charge is 2.20. The van der Waals surface area contributed by atoms with Crippen LogP contribution in [0, 0.1) is 0 Å². The number of amides is 1. The molecular formula is C25H49N2O3+. The molecule has 0 aliphatic rings. The maximum Gasteiger partial charge on any atom is 0.328 e. The van der Waals surface area contributed by atoms with Crippen LogP contribution in [0.1, 0.15) is 116 Å². The second-order valence-corrected chi connectivity index (χ2v) is 8.33. The van der Waals surface area contributed by atoms with Crippen molar-refractivity contribution in [3.8, 4) is 0 Å². The van der Waals surface area contributed by atoms with Gasteiger partial charge < -0.3 is 15.8 Å². The Kier molecular flexibility index (Phi) is 21.3. The molecule has 0 heterocycles. The first-order valence-electron chi connectivity index (χ1n) is 12.5. The first-order chi connectivity index (χ1) is 14.7. The highest BCUT2D eigenvalue weighted by molar-refractivity contribution is 5.84. The van der Waals surface area contributed by atoms with Crippen LogP contribution >= 0.6 is 0 Å². The first kappa shape index (κ1) is 28.6. The maximum absolute atomic E-state index is 12.1. The predicted octanol–water partition coefficient (Wildman–Crippen LogP) is 5.09. The zero-order valence-corrected chi connectivity index (χ0v) is 19.9. The molecule has 0 aromatic heterocycles. The van der Waals surface area contributed by atoms with E-state index in [-0.39, 0.29) is 11.9 Å². The van der Waals surface area contributed by atoms with Crippen molar-refractivity contribution >= 4 is 11.9 Å². The van der Waals surface area contributed by atoms with Gasteiger partial charge in [0.05, 0.1) is 13.7 Å². The highest BCUT2D eigenvalue weighted by Crippen LogP contribution is 2.10. The number of carbonyl (C=O) groups is 2. The maximum atomic E-state index is 12.1. The number of hydrogen-bond donors (Lipinski definition) is 2. The number of quaternary nitrogens is 1. The quantitative estimate of drug-likeness (QED) is 0.153. The van der Waals surface area contributed by atoms with Crippen LogP contribution in [-0.2, 0) is 14.3 Å². The summed E-state index contributed by atoms with van der Waals surface area (Å²) in [5, 5.41) is 2.83. The topological polar surface area (TPSA) is 83.0 Å². The molecule has 4 N–H and O–H groups in total. The van der Waals surface area contributed by atoms with Crippen molar-refractivity contribution in [2.45, 2.75) is 122 Å². The van der Waals surface area contributed by atoms with Crippen LogP contribution in [0.2, 0.25) is 0 Å². The van der Waals surface area contributed by atoms with E-state index in [0.29, 0.717) is 12.8 Å². The molecule has 0 rings (SSSR count). The summed E-state index contributed by atoms with van der Waals surface area (Å²) in [4.78, 5) is 23.9. The minimum atomic E-state index is -0.517. The molecule has 0 aromatic carbocycles. The van der Waals surface area contributed by atoms with E-state index in [2.05, 4.69) is 30.1 Å². The van der Waals surface area contributed by atoms with E-state index in [1.54, 1.807) is 0 Å². The summed E-state index contributed by atoms with van der Waals surface area (Å²) >= 11 is 0. The number of allylic oxidation sites excluding steroid dienone is 2. The largest absolute Gasteiger partial charge is 0.467 e. The normalized spacial score (nSPS) is 12.2. The summed E-state index contributed by atoms with van der Waals surface area (Å²) in [6.45, 7) is 3.10. The standard InChI is InChI=1S/C25H48N2O3/c1-3-4-5-6-7-8-9-10-11-12-13-14-15-16-17-21-24(28)27-23(25(29)30-2)20-18-19-22-26/h10-11,23H,3-9,12-22,26H2,1-2H3,(H,27,28)/p+1/b11-10-/t23-/m0/s1. The molecular weight excluding hydrogens is 376 g/mol. The van der Waals surface area contributed by atoms with Gasteiger partial charge in [0.1, 0.15) is 6.04 Å². The zero-order chi connectivity index (χ0) is 22.3. The van der Waals surface area contributed by atoms with Gasteiger partial charge in [-0.2, -0.15) is 0 Å². The van der Waals surface area contributed by atoms with E-state index in [1.807, 2.05) is 0 Å². The second kappa shape index (κ2) is 22.3. The van der Waals surface area contributed by atoms with Gasteiger partial charge in [-0.25, -0.2) is 4.79 Å². The van der Waals surface area contributed by atoms with Crippen molar-refractivity contribution < 1.29 is 20.1 Å². The molecule has 0 saturated carbocycles. The van der Waals surface area contributed by atoms with Crippen molar-refractivity contribution in [2.24, 2.45) is 0 Å². The minimum Gasteiger partial charge on any atom is -0.467 e. The summed E-state index contributed by atoms with van der Waals surface area (Å²) in [6, 6.07) is -0.517. The van der Waals surface area contributed by atoms with Crippen LogP contribution in [0.4, 0.5) is 0 Å². The van der Waals surface area contributed by atoms with E-state index in [0.717, 1.165) is 32.2 Å². The molecule has 1 amide bonds. The summed E-state index contributed by atoms with van der Waals surface area (Å²) in [6.07, 6.45) is 23.8. The SMILES string of the molecule is CCCCCCCC/C=C\CCCCCCCC(=O)N[C@@H](CCCC[NH3+])C(=O)OC.